The molecule has 0 radical (unpaired) electrons. The molecule has 4 rings (SSSR count). The Bertz CT molecular complexity index is 1490. The van der Waals surface area contributed by atoms with E-state index in [4.69, 9.17) is 32.4 Å². The minimum absolute atomic E-state index is 0.0634. The summed E-state index contributed by atoms with van der Waals surface area (Å²) in [5.41, 5.74) is 0.313. The molecule has 2 heterocycles. The summed E-state index contributed by atoms with van der Waals surface area (Å²) in [5, 5.41) is 2.95. The number of imide groups is 1. The van der Waals surface area contributed by atoms with Crippen LogP contribution in [0.3, 0.4) is 0 Å². The molecule has 190 valence electrons. The Labute approximate surface area is 236 Å². The van der Waals surface area contributed by atoms with Gasteiger partial charge >= 0.3 is 18.0 Å². The minimum Gasteiger partial charge on any atom is -0.463 e. The molecule has 3 amide bonds. The van der Waals surface area contributed by atoms with Crippen LogP contribution in [0, 0.1) is 0 Å². The molecule has 9 nitrogen and oxygen atoms in total. The molecule has 1 N–H and O–H groups in total. The third kappa shape index (κ3) is 5.90. The Balaban J connectivity index is 1.61. The fourth-order valence-electron chi connectivity index (χ4n) is 3.30. The van der Waals surface area contributed by atoms with Crippen molar-refractivity contribution in [3.8, 4) is 5.75 Å². The van der Waals surface area contributed by atoms with E-state index in [0.717, 1.165) is 4.90 Å². The van der Waals surface area contributed by atoms with Crippen molar-refractivity contribution in [2.75, 3.05) is 7.11 Å². The fourth-order valence-corrected chi connectivity index (χ4v) is 5.12. The summed E-state index contributed by atoms with van der Waals surface area (Å²) in [4.78, 5) is 50.8. The quantitative estimate of drug-likeness (QED) is 0.143. The van der Waals surface area contributed by atoms with Gasteiger partial charge in [-0.3, -0.25) is 9.69 Å². The van der Waals surface area contributed by atoms with E-state index in [-0.39, 0.29) is 40.1 Å². The number of carbonyl (C=O) groups is 4. The second-order valence-electron chi connectivity index (χ2n) is 7.46. The summed E-state index contributed by atoms with van der Waals surface area (Å²) in [6.45, 7) is -0.224. The van der Waals surface area contributed by atoms with E-state index >= 15 is 0 Å². The first-order valence-electron chi connectivity index (χ1n) is 10.2. The smallest absolute Gasteiger partial charge is 0.373 e. The van der Waals surface area contributed by atoms with Crippen LogP contribution in [-0.2, 0) is 16.1 Å². The molecule has 37 heavy (non-hydrogen) atoms. The number of nitrogens with zero attached hydrogens (tertiary/aromatic N) is 1. The number of urea groups is 1. The molecule has 0 bridgehead atoms. The monoisotopic (exact) mass is 670 g/mol. The summed E-state index contributed by atoms with van der Waals surface area (Å²) >= 11 is 18.8. The third-order valence-corrected chi connectivity index (χ3v) is 6.60. The van der Waals surface area contributed by atoms with Crippen molar-refractivity contribution in [3.05, 3.63) is 89.8 Å². The fraction of sp³-hybridized carbons (Fsp3) is 0.0833. The van der Waals surface area contributed by atoms with Gasteiger partial charge in [-0.25, -0.2) is 14.4 Å². The van der Waals surface area contributed by atoms with Gasteiger partial charge in [-0.1, -0.05) is 39.1 Å². The molecule has 1 aliphatic rings. The standard InChI is InChI=1S/C24H14Br2Cl2N2O7/c1-35-23(33)19-5-3-14(36-19)10-30-21(31)18(29-24(30)34)7-11-6-12(25)8-16(26)20(11)37-22(32)15-4-2-13(27)9-17(15)28/h2-9H,10H2,1H3,(H,29,34)/b18-7+. The predicted molar refractivity (Wildman–Crippen MR) is 140 cm³/mol. The van der Waals surface area contributed by atoms with Crippen molar-refractivity contribution in [2.24, 2.45) is 0 Å². The number of ether oxygens (including phenoxy) is 2. The van der Waals surface area contributed by atoms with Crippen LogP contribution in [0.1, 0.15) is 32.2 Å². The van der Waals surface area contributed by atoms with Gasteiger partial charge in [0, 0.05) is 15.1 Å². The summed E-state index contributed by atoms with van der Waals surface area (Å²) in [7, 11) is 1.20. The number of methoxy groups -OCH3 is 1. The SMILES string of the molecule is COC(=O)c1ccc(CN2C(=O)N/C(=C/c3cc(Br)cc(Br)c3OC(=O)c3ccc(Cl)cc3Cl)C2=O)o1. The molecule has 3 aromatic rings. The van der Waals surface area contributed by atoms with Gasteiger partial charge in [-0.05, 0) is 64.5 Å². The van der Waals surface area contributed by atoms with Crippen molar-refractivity contribution in [3.63, 3.8) is 0 Å². The highest BCUT2D eigenvalue weighted by Gasteiger charge is 2.35. The van der Waals surface area contributed by atoms with E-state index < -0.39 is 23.9 Å². The average Bonchev–Trinajstić information content (AvgIpc) is 3.41. The number of nitrogens with one attached hydrogen (secondary N) is 1. The number of esters is 2. The van der Waals surface area contributed by atoms with Crippen LogP contribution in [0.25, 0.3) is 6.08 Å². The maximum atomic E-state index is 13.0. The van der Waals surface area contributed by atoms with Crippen LogP contribution in [0.15, 0.2) is 61.5 Å². The lowest BCUT2D eigenvalue weighted by Crippen LogP contribution is -2.30. The van der Waals surface area contributed by atoms with E-state index in [9.17, 15) is 19.2 Å². The Morgan fingerprint density at radius 1 is 1.08 bits per heavy atom. The van der Waals surface area contributed by atoms with Gasteiger partial charge in [0.15, 0.2) is 5.75 Å². The Hall–Kier alpha value is -3.12. The first-order valence-corrected chi connectivity index (χ1v) is 12.6. The van der Waals surface area contributed by atoms with Crippen molar-refractivity contribution in [1.29, 1.82) is 0 Å². The van der Waals surface area contributed by atoms with Crippen molar-refractivity contribution >= 4 is 85.0 Å². The maximum Gasteiger partial charge on any atom is 0.373 e. The predicted octanol–water partition coefficient (Wildman–Crippen LogP) is 6.21. The zero-order valence-corrected chi connectivity index (χ0v) is 23.3. The largest absolute Gasteiger partial charge is 0.463 e. The van der Waals surface area contributed by atoms with Gasteiger partial charge < -0.3 is 19.2 Å². The van der Waals surface area contributed by atoms with Crippen LogP contribution in [0.5, 0.6) is 5.75 Å². The molecule has 13 heteroatoms. The van der Waals surface area contributed by atoms with Crippen LogP contribution in [0.4, 0.5) is 4.79 Å². The Kier molecular flexibility index (Phi) is 8.08. The Morgan fingerprint density at radius 3 is 2.54 bits per heavy atom. The van der Waals surface area contributed by atoms with Crippen LogP contribution in [0.2, 0.25) is 10.0 Å². The molecule has 1 fully saturated rings. The summed E-state index contributed by atoms with van der Waals surface area (Å²) in [6.07, 6.45) is 1.36. The topological polar surface area (TPSA) is 115 Å². The number of rotatable bonds is 6. The number of hydrogen-bond donors (Lipinski definition) is 1. The highest BCUT2D eigenvalue weighted by Crippen LogP contribution is 2.36. The molecule has 0 unspecified atom stereocenters. The highest BCUT2D eigenvalue weighted by molar-refractivity contribution is 9.11. The molecule has 0 spiro atoms. The third-order valence-electron chi connectivity index (χ3n) is 5.01. The average molecular weight is 673 g/mol. The number of benzene rings is 2. The number of carbonyl (C=O) groups excluding carboxylic acids is 4. The van der Waals surface area contributed by atoms with E-state index in [1.165, 1.54) is 43.5 Å². The lowest BCUT2D eigenvalue weighted by molar-refractivity contribution is -0.123. The van der Waals surface area contributed by atoms with Crippen molar-refractivity contribution in [2.45, 2.75) is 6.54 Å². The maximum absolute atomic E-state index is 13.0. The lowest BCUT2D eigenvalue weighted by Gasteiger charge is -2.12. The Morgan fingerprint density at radius 2 is 1.84 bits per heavy atom. The van der Waals surface area contributed by atoms with E-state index in [0.29, 0.717) is 19.5 Å². The molecule has 0 saturated carbocycles. The lowest BCUT2D eigenvalue weighted by atomic mass is 10.1. The number of amides is 3. The first-order chi connectivity index (χ1) is 17.6. The van der Waals surface area contributed by atoms with Crippen LogP contribution >= 0.6 is 55.1 Å². The molecule has 0 atom stereocenters. The molecule has 1 aliphatic heterocycles. The summed E-state index contributed by atoms with van der Waals surface area (Å²) in [6, 6.07) is 9.71. The van der Waals surface area contributed by atoms with Gasteiger partial charge in [-0.2, -0.15) is 0 Å². The molecule has 1 saturated heterocycles. The summed E-state index contributed by atoms with van der Waals surface area (Å²) in [5.74, 6) is -1.88. The summed E-state index contributed by atoms with van der Waals surface area (Å²) < 4.78 is 16.5. The minimum atomic E-state index is -0.757. The zero-order valence-electron chi connectivity index (χ0n) is 18.6. The van der Waals surface area contributed by atoms with Gasteiger partial charge in [0.25, 0.3) is 5.91 Å². The van der Waals surface area contributed by atoms with Crippen LogP contribution in [-0.4, -0.2) is 35.9 Å². The van der Waals surface area contributed by atoms with Gasteiger partial charge in [-0.15, -0.1) is 0 Å². The number of halogens is 4. The number of hydrogen-bond acceptors (Lipinski definition) is 7. The van der Waals surface area contributed by atoms with Crippen molar-refractivity contribution in [1.82, 2.24) is 10.2 Å². The molecule has 0 aliphatic carbocycles. The molecular weight excluding hydrogens is 659 g/mol. The second kappa shape index (κ2) is 11.1. The molecule has 1 aromatic heterocycles. The van der Waals surface area contributed by atoms with Crippen LogP contribution < -0.4 is 10.1 Å². The van der Waals surface area contributed by atoms with Gasteiger partial charge in [0.1, 0.15) is 11.5 Å². The van der Waals surface area contributed by atoms with Gasteiger partial charge in [0.05, 0.1) is 28.7 Å². The normalized spacial score (nSPS) is 14.2. The van der Waals surface area contributed by atoms with E-state index in [2.05, 4.69) is 41.9 Å². The number of furan rings is 1. The molecule has 2 aromatic carbocycles. The van der Waals surface area contributed by atoms with E-state index in [1.54, 1.807) is 12.1 Å². The van der Waals surface area contributed by atoms with Gasteiger partial charge in [0.2, 0.25) is 5.76 Å². The van der Waals surface area contributed by atoms with E-state index in [1.807, 2.05) is 0 Å². The van der Waals surface area contributed by atoms with Crippen molar-refractivity contribution < 1.29 is 33.1 Å². The zero-order chi connectivity index (χ0) is 26.9. The molecular formula is C24H14Br2Cl2N2O7. The first kappa shape index (κ1) is 26.9. The second-order valence-corrected chi connectivity index (χ2v) is 10.1. The highest BCUT2D eigenvalue weighted by atomic mass is 79.9.